The number of rotatable bonds is 4. The number of hydrogen-bond acceptors (Lipinski definition) is 2. The molecule has 0 aromatic heterocycles. The molecule has 1 aliphatic carbocycles. The third kappa shape index (κ3) is 3.58. The number of hydrogen-bond donors (Lipinski definition) is 1. The van der Waals surface area contributed by atoms with Gasteiger partial charge in [-0.15, -0.1) is 0 Å². The van der Waals surface area contributed by atoms with Crippen molar-refractivity contribution in [1.29, 1.82) is 0 Å². The smallest absolute Gasteiger partial charge is 0.0237 e. The summed E-state index contributed by atoms with van der Waals surface area (Å²) in [5.41, 5.74) is 3.11. The molecule has 19 heavy (non-hydrogen) atoms. The van der Waals surface area contributed by atoms with Gasteiger partial charge < -0.3 is 5.32 Å². The van der Waals surface area contributed by atoms with E-state index in [1.165, 1.54) is 51.6 Å². The van der Waals surface area contributed by atoms with Crippen LogP contribution >= 0.6 is 0 Å². The first-order chi connectivity index (χ1) is 9.42. The molecule has 0 atom stereocenters. The maximum atomic E-state index is 3.73. The van der Waals surface area contributed by atoms with Crippen molar-refractivity contribution in [3.05, 3.63) is 35.4 Å². The summed E-state index contributed by atoms with van der Waals surface area (Å²) in [4.78, 5) is 2.62. The van der Waals surface area contributed by atoms with E-state index in [9.17, 15) is 0 Å². The van der Waals surface area contributed by atoms with Crippen molar-refractivity contribution in [2.24, 2.45) is 0 Å². The van der Waals surface area contributed by atoms with E-state index in [1.54, 1.807) is 11.1 Å². The number of aryl methyl sites for hydroxylation is 1. The van der Waals surface area contributed by atoms with Gasteiger partial charge in [0, 0.05) is 25.7 Å². The van der Waals surface area contributed by atoms with Gasteiger partial charge in [-0.25, -0.2) is 0 Å². The van der Waals surface area contributed by atoms with Crippen molar-refractivity contribution in [3.8, 4) is 0 Å². The predicted molar refractivity (Wildman–Crippen MR) is 80.3 cm³/mol. The number of nitrogens with zero attached hydrogens (tertiary/aromatic N) is 1. The molecule has 104 valence electrons. The van der Waals surface area contributed by atoms with Crippen LogP contribution in [0.25, 0.3) is 0 Å². The quantitative estimate of drug-likeness (QED) is 0.893. The van der Waals surface area contributed by atoms with Gasteiger partial charge in [0.05, 0.1) is 0 Å². The third-order valence-corrected chi connectivity index (χ3v) is 4.65. The second kappa shape index (κ2) is 6.53. The molecule has 1 N–H and O–H groups in total. The SMILES string of the molecule is c1ccc2c(c1)CCCN(CCNC1CCCC1)C2. The normalized spacial score (nSPS) is 21.3. The van der Waals surface area contributed by atoms with E-state index < -0.39 is 0 Å². The molecule has 2 aliphatic rings. The van der Waals surface area contributed by atoms with E-state index in [4.69, 9.17) is 0 Å². The van der Waals surface area contributed by atoms with Crippen molar-refractivity contribution in [3.63, 3.8) is 0 Å². The van der Waals surface area contributed by atoms with Gasteiger partial charge in [0.2, 0.25) is 0 Å². The number of benzene rings is 1. The van der Waals surface area contributed by atoms with Crippen LogP contribution in [-0.2, 0) is 13.0 Å². The molecule has 2 nitrogen and oxygen atoms in total. The first kappa shape index (κ1) is 13.1. The van der Waals surface area contributed by atoms with E-state index in [1.807, 2.05) is 0 Å². The Morgan fingerprint density at radius 2 is 1.84 bits per heavy atom. The average Bonchev–Trinajstić information content (AvgIpc) is 2.85. The van der Waals surface area contributed by atoms with Gasteiger partial charge in [0.25, 0.3) is 0 Å². The standard InChI is InChI=1S/C17H26N2/c1-2-7-16-14-19(12-5-8-15(16)6-1)13-11-18-17-9-3-4-10-17/h1-2,6-7,17-18H,3-5,8-14H2. The second-order valence-electron chi connectivity index (χ2n) is 6.08. The van der Waals surface area contributed by atoms with Crippen molar-refractivity contribution in [2.45, 2.75) is 51.1 Å². The molecule has 0 saturated heterocycles. The molecule has 1 heterocycles. The zero-order valence-corrected chi connectivity index (χ0v) is 11.9. The summed E-state index contributed by atoms with van der Waals surface area (Å²) >= 11 is 0. The van der Waals surface area contributed by atoms with Gasteiger partial charge in [-0.3, -0.25) is 4.90 Å². The maximum absolute atomic E-state index is 3.73. The Kier molecular flexibility index (Phi) is 4.52. The highest BCUT2D eigenvalue weighted by Gasteiger charge is 2.16. The van der Waals surface area contributed by atoms with Crippen LogP contribution in [0.5, 0.6) is 0 Å². The Morgan fingerprint density at radius 1 is 1.05 bits per heavy atom. The van der Waals surface area contributed by atoms with Crippen molar-refractivity contribution in [2.75, 3.05) is 19.6 Å². The van der Waals surface area contributed by atoms with Crippen LogP contribution < -0.4 is 5.32 Å². The topological polar surface area (TPSA) is 15.3 Å². The summed E-state index contributed by atoms with van der Waals surface area (Å²) < 4.78 is 0. The Balaban J connectivity index is 1.48. The van der Waals surface area contributed by atoms with Crippen LogP contribution in [0, 0.1) is 0 Å². The summed E-state index contributed by atoms with van der Waals surface area (Å²) in [6.07, 6.45) is 8.19. The van der Waals surface area contributed by atoms with Gasteiger partial charge in [-0.1, -0.05) is 37.1 Å². The lowest BCUT2D eigenvalue weighted by Gasteiger charge is -2.22. The molecule has 0 unspecified atom stereocenters. The van der Waals surface area contributed by atoms with Crippen LogP contribution in [-0.4, -0.2) is 30.6 Å². The molecular weight excluding hydrogens is 232 g/mol. The Bertz CT molecular complexity index is 396. The Hall–Kier alpha value is -0.860. The summed E-state index contributed by atoms with van der Waals surface area (Å²) in [6.45, 7) is 4.75. The van der Waals surface area contributed by atoms with Crippen LogP contribution in [0.1, 0.15) is 43.2 Å². The molecule has 1 saturated carbocycles. The van der Waals surface area contributed by atoms with Crippen LogP contribution in [0.3, 0.4) is 0 Å². The summed E-state index contributed by atoms with van der Waals surface area (Å²) in [7, 11) is 0. The largest absolute Gasteiger partial charge is 0.313 e. The summed E-state index contributed by atoms with van der Waals surface area (Å²) in [6, 6.07) is 9.77. The Morgan fingerprint density at radius 3 is 2.68 bits per heavy atom. The highest BCUT2D eigenvalue weighted by Crippen LogP contribution is 2.19. The maximum Gasteiger partial charge on any atom is 0.0237 e. The number of nitrogens with one attached hydrogen (secondary N) is 1. The van der Waals surface area contributed by atoms with Crippen molar-refractivity contribution in [1.82, 2.24) is 10.2 Å². The summed E-state index contributed by atoms with van der Waals surface area (Å²) in [5, 5.41) is 3.73. The molecule has 1 aliphatic heterocycles. The van der Waals surface area contributed by atoms with Crippen LogP contribution in [0.2, 0.25) is 0 Å². The predicted octanol–water partition coefficient (Wildman–Crippen LogP) is 2.97. The first-order valence-corrected chi connectivity index (χ1v) is 7.94. The van der Waals surface area contributed by atoms with Gasteiger partial charge in [0.15, 0.2) is 0 Å². The van der Waals surface area contributed by atoms with E-state index in [2.05, 4.69) is 34.5 Å². The fraction of sp³-hybridized carbons (Fsp3) is 0.647. The lowest BCUT2D eigenvalue weighted by Crippen LogP contribution is -2.35. The van der Waals surface area contributed by atoms with E-state index >= 15 is 0 Å². The highest BCUT2D eigenvalue weighted by atomic mass is 15.1. The zero-order chi connectivity index (χ0) is 12.9. The minimum atomic E-state index is 0.805. The van der Waals surface area contributed by atoms with Crippen LogP contribution in [0.4, 0.5) is 0 Å². The molecule has 0 amide bonds. The van der Waals surface area contributed by atoms with Gasteiger partial charge in [-0.2, -0.15) is 0 Å². The zero-order valence-electron chi connectivity index (χ0n) is 11.9. The molecule has 0 spiro atoms. The highest BCUT2D eigenvalue weighted by molar-refractivity contribution is 5.27. The lowest BCUT2D eigenvalue weighted by atomic mass is 10.0. The fourth-order valence-electron chi connectivity index (χ4n) is 3.52. The Labute approximate surface area is 117 Å². The third-order valence-electron chi connectivity index (χ3n) is 4.65. The van der Waals surface area contributed by atoms with Crippen molar-refractivity contribution >= 4 is 0 Å². The van der Waals surface area contributed by atoms with Gasteiger partial charge in [0.1, 0.15) is 0 Å². The molecule has 1 fully saturated rings. The fourth-order valence-corrected chi connectivity index (χ4v) is 3.52. The minimum Gasteiger partial charge on any atom is -0.313 e. The molecule has 0 bridgehead atoms. The van der Waals surface area contributed by atoms with Gasteiger partial charge >= 0.3 is 0 Å². The minimum absolute atomic E-state index is 0.805. The van der Waals surface area contributed by atoms with E-state index in [-0.39, 0.29) is 0 Å². The van der Waals surface area contributed by atoms with E-state index in [0.717, 1.165) is 19.1 Å². The summed E-state index contributed by atoms with van der Waals surface area (Å²) in [5.74, 6) is 0. The van der Waals surface area contributed by atoms with Gasteiger partial charge in [-0.05, 0) is 43.4 Å². The van der Waals surface area contributed by atoms with Crippen molar-refractivity contribution < 1.29 is 0 Å². The molecule has 3 rings (SSSR count). The van der Waals surface area contributed by atoms with E-state index in [0.29, 0.717) is 0 Å². The molecule has 0 radical (unpaired) electrons. The molecule has 1 aromatic carbocycles. The molecule has 2 heteroatoms. The molecule has 1 aromatic rings. The molecular formula is C17H26N2. The average molecular weight is 258 g/mol. The lowest BCUT2D eigenvalue weighted by molar-refractivity contribution is 0.264. The first-order valence-electron chi connectivity index (χ1n) is 7.94. The van der Waals surface area contributed by atoms with Crippen LogP contribution in [0.15, 0.2) is 24.3 Å². The second-order valence-corrected chi connectivity index (χ2v) is 6.08. The monoisotopic (exact) mass is 258 g/mol. The number of fused-ring (bicyclic) bond motifs is 1.